The number of rotatable bonds is 5. The summed E-state index contributed by atoms with van der Waals surface area (Å²) >= 11 is 0. The molecule has 3 atom stereocenters. The van der Waals surface area contributed by atoms with Gasteiger partial charge in [-0.05, 0) is 37.3 Å². The average Bonchev–Trinajstić information content (AvgIpc) is 2.50. The summed E-state index contributed by atoms with van der Waals surface area (Å²) in [6.07, 6.45) is 2.67. The van der Waals surface area contributed by atoms with Crippen LogP contribution in [0.2, 0.25) is 0 Å². The van der Waals surface area contributed by atoms with Crippen molar-refractivity contribution in [3.05, 3.63) is 35.9 Å². The van der Waals surface area contributed by atoms with Crippen molar-refractivity contribution >= 4 is 5.97 Å². The Hall–Kier alpha value is -1.39. The molecule has 1 fully saturated rings. The van der Waals surface area contributed by atoms with Crippen LogP contribution in [0.1, 0.15) is 57.3 Å². The lowest BCUT2D eigenvalue weighted by molar-refractivity contribution is -0.241. The lowest BCUT2D eigenvalue weighted by Gasteiger charge is -2.35. The molecule has 23 heavy (non-hydrogen) atoms. The lowest BCUT2D eigenvalue weighted by Crippen LogP contribution is -2.39. The van der Waals surface area contributed by atoms with E-state index in [9.17, 15) is 4.79 Å². The zero-order valence-electron chi connectivity index (χ0n) is 14.6. The fourth-order valence-electron chi connectivity index (χ4n) is 2.69. The normalized spacial score (nSPS) is 25.1. The van der Waals surface area contributed by atoms with Crippen LogP contribution >= 0.6 is 0 Å². The van der Waals surface area contributed by atoms with Crippen LogP contribution in [-0.2, 0) is 14.2 Å². The van der Waals surface area contributed by atoms with E-state index in [4.69, 9.17) is 14.2 Å². The number of hydrogen-bond donors (Lipinski definition) is 0. The van der Waals surface area contributed by atoms with Crippen LogP contribution in [0.25, 0.3) is 0 Å². The molecule has 1 saturated heterocycles. The second-order valence-corrected chi connectivity index (χ2v) is 7.38. The van der Waals surface area contributed by atoms with Gasteiger partial charge < -0.3 is 14.2 Å². The predicted octanol–water partition coefficient (Wildman–Crippen LogP) is 4.19. The van der Waals surface area contributed by atoms with Gasteiger partial charge in [0.15, 0.2) is 6.29 Å². The molecule has 1 unspecified atom stereocenters. The Balaban J connectivity index is 1.81. The molecule has 4 nitrogen and oxygen atoms in total. The molecule has 0 N–H and O–H groups in total. The maximum Gasteiger partial charge on any atom is 0.338 e. The van der Waals surface area contributed by atoms with Crippen molar-refractivity contribution < 1.29 is 19.0 Å². The number of carbonyl (C=O) groups excluding carboxylic acids is 1. The van der Waals surface area contributed by atoms with Crippen molar-refractivity contribution in [2.24, 2.45) is 5.41 Å². The molecule has 1 heterocycles. The third-order valence-corrected chi connectivity index (χ3v) is 3.92. The summed E-state index contributed by atoms with van der Waals surface area (Å²) < 4.78 is 17.0. The molecule has 0 amide bonds. The molecule has 4 heteroatoms. The first-order valence-corrected chi connectivity index (χ1v) is 8.36. The third-order valence-electron chi connectivity index (χ3n) is 3.92. The van der Waals surface area contributed by atoms with Gasteiger partial charge in [-0.3, -0.25) is 0 Å². The van der Waals surface area contributed by atoms with Crippen molar-refractivity contribution in [1.82, 2.24) is 0 Å². The monoisotopic (exact) mass is 320 g/mol. The highest BCUT2D eigenvalue weighted by Gasteiger charge is 2.29. The van der Waals surface area contributed by atoms with Crippen LogP contribution in [0.3, 0.4) is 0 Å². The van der Waals surface area contributed by atoms with E-state index in [1.165, 1.54) is 0 Å². The zero-order valence-corrected chi connectivity index (χ0v) is 14.6. The van der Waals surface area contributed by atoms with Gasteiger partial charge in [0.05, 0.1) is 17.8 Å². The average molecular weight is 320 g/mol. The molecule has 1 aromatic carbocycles. The first kappa shape index (κ1) is 18.0. The Labute approximate surface area is 139 Å². The van der Waals surface area contributed by atoms with Crippen LogP contribution in [0.15, 0.2) is 30.3 Å². The molecule has 2 rings (SSSR count). The van der Waals surface area contributed by atoms with Gasteiger partial charge in [-0.1, -0.05) is 39.0 Å². The van der Waals surface area contributed by atoms with E-state index >= 15 is 0 Å². The first-order valence-electron chi connectivity index (χ1n) is 8.36. The highest BCUT2D eigenvalue weighted by molar-refractivity contribution is 5.89. The molecule has 1 aliphatic rings. The van der Waals surface area contributed by atoms with Gasteiger partial charge in [0.2, 0.25) is 0 Å². The van der Waals surface area contributed by atoms with Gasteiger partial charge in [0, 0.05) is 6.42 Å². The number of ether oxygens (including phenoxy) is 3. The Morgan fingerprint density at radius 3 is 2.48 bits per heavy atom. The summed E-state index contributed by atoms with van der Waals surface area (Å²) in [7, 11) is 0. The molecule has 1 aliphatic heterocycles. The smallest absolute Gasteiger partial charge is 0.338 e. The van der Waals surface area contributed by atoms with Crippen LogP contribution in [0.4, 0.5) is 0 Å². The van der Waals surface area contributed by atoms with Crippen LogP contribution in [0.5, 0.6) is 0 Å². The minimum absolute atomic E-state index is 0.101. The summed E-state index contributed by atoms with van der Waals surface area (Å²) in [5.41, 5.74) is 0.858. The van der Waals surface area contributed by atoms with E-state index in [0.29, 0.717) is 11.0 Å². The Morgan fingerprint density at radius 1 is 1.17 bits per heavy atom. The van der Waals surface area contributed by atoms with Crippen LogP contribution < -0.4 is 0 Å². The highest BCUT2D eigenvalue weighted by atomic mass is 16.7. The molecule has 0 spiro atoms. The van der Waals surface area contributed by atoms with Gasteiger partial charge >= 0.3 is 5.97 Å². The van der Waals surface area contributed by atoms with E-state index in [1.54, 1.807) is 12.1 Å². The summed E-state index contributed by atoms with van der Waals surface area (Å²) in [5, 5.41) is 0. The summed E-state index contributed by atoms with van der Waals surface area (Å²) in [6.45, 7) is 8.86. The maximum absolute atomic E-state index is 12.0. The highest BCUT2D eigenvalue weighted by Crippen LogP contribution is 2.27. The largest absolute Gasteiger partial charge is 0.459 e. The molecule has 0 radical (unpaired) electrons. The van der Waals surface area contributed by atoms with E-state index in [2.05, 4.69) is 20.8 Å². The second-order valence-electron chi connectivity index (χ2n) is 7.38. The molecule has 0 bridgehead atoms. The molecule has 0 saturated carbocycles. The van der Waals surface area contributed by atoms with Gasteiger partial charge in [-0.15, -0.1) is 0 Å². The van der Waals surface area contributed by atoms with Crippen LogP contribution in [-0.4, -0.2) is 31.1 Å². The van der Waals surface area contributed by atoms with E-state index < -0.39 is 0 Å². The SMILES string of the molecule is CC1O[C@H](CCC(C)(C)C)C[C@@H](COC(=O)c2ccccc2)O1. The molecule has 0 aliphatic carbocycles. The summed E-state index contributed by atoms with van der Waals surface area (Å²) in [5.74, 6) is -0.306. The number of hydrogen-bond acceptors (Lipinski definition) is 4. The van der Waals surface area contributed by atoms with Crippen molar-refractivity contribution in [2.45, 2.75) is 65.5 Å². The zero-order chi connectivity index (χ0) is 16.9. The lowest BCUT2D eigenvalue weighted by atomic mass is 9.88. The fourth-order valence-corrected chi connectivity index (χ4v) is 2.69. The quantitative estimate of drug-likeness (QED) is 0.763. The fraction of sp³-hybridized carbons (Fsp3) is 0.632. The van der Waals surface area contributed by atoms with Crippen molar-refractivity contribution in [3.63, 3.8) is 0 Å². The molecular formula is C19H28O4. The predicted molar refractivity (Wildman–Crippen MR) is 89.2 cm³/mol. The van der Waals surface area contributed by atoms with Gasteiger partial charge in [-0.25, -0.2) is 4.79 Å². The topological polar surface area (TPSA) is 44.8 Å². The Bertz CT molecular complexity index is 492. The van der Waals surface area contributed by atoms with Gasteiger partial charge in [0.1, 0.15) is 6.61 Å². The summed E-state index contributed by atoms with van der Waals surface area (Å²) in [4.78, 5) is 12.0. The maximum atomic E-state index is 12.0. The molecule has 128 valence electrons. The van der Waals surface area contributed by atoms with Crippen molar-refractivity contribution in [2.75, 3.05) is 6.61 Å². The van der Waals surface area contributed by atoms with Gasteiger partial charge in [-0.2, -0.15) is 0 Å². The second kappa shape index (κ2) is 7.93. The van der Waals surface area contributed by atoms with E-state index in [0.717, 1.165) is 19.3 Å². The molecular weight excluding hydrogens is 292 g/mol. The Morgan fingerprint density at radius 2 is 1.83 bits per heavy atom. The molecule has 0 aromatic heterocycles. The van der Waals surface area contributed by atoms with E-state index in [-0.39, 0.29) is 31.1 Å². The van der Waals surface area contributed by atoms with Crippen LogP contribution in [0, 0.1) is 5.41 Å². The minimum Gasteiger partial charge on any atom is -0.459 e. The third kappa shape index (κ3) is 6.32. The number of benzene rings is 1. The number of carbonyl (C=O) groups is 1. The molecule has 1 aromatic rings. The summed E-state index contributed by atoms with van der Waals surface area (Å²) in [6, 6.07) is 9.03. The first-order chi connectivity index (χ1) is 10.8. The van der Waals surface area contributed by atoms with Crippen molar-refractivity contribution in [3.8, 4) is 0 Å². The number of esters is 1. The Kier molecular flexibility index (Phi) is 6.19. The minimum atomic E-state index is -0.306. The standard InChI is InChI=1S/C19H28O4/c1-14-22-16(10-11-19(2,3)4)12-17(23-14)13-21-18(20)15-8-6-5-7-9-15/h5-9,14,16-17H,10-13H2,1-4H3/t14?,16-,17+/m1/s1. The van der Waals surface area contributed by atoms with E-state index in [1.807, 2.05) is 25.1 Å². The van der Waals surface area contributed by atoms with Gasteiger partial charge in [0.25, 0.3) is 0 Å². The van der Waals surface area contributed by atoms with Crippen molar-refractivity contribution in [1.29, 1.82) is 0 Å².